The molecule has 1 saturated carbocycles. The van der Waals surface area contributed by atoms with Crippen LogP contribution < -0.4 is 0 Å². The summed E-state index contributed by atoms with van der Waals surface area (Å²) in [5.41, 5.74) is 2.23. The minimum atomic E-state index is 0.355. The van der Waals surface area contributed by atoms with Crippen LogP contribution in [-0.2, 0) is 22.6 Å². The maximum Gasteiger partial charge on any atom is 0.293 e. The number of H-pyrrole nitrogens is 1. The molecule has 1 aromatic rings. The van der Waals surface area contributed by atoms with E-state index in [9.17, 15) is 4.79 Å². The largest absolute Gasteiger partial charge is 0.461 e. The number of aromatic amines is 1. The minimum absolute atomic E-state index is 0.355. The van der Waals surface area contributed by atoms with E-state index in [1.807, 2.05) is 6.07 Å². The Morgan fingerprint density at radius 3 is 2.92 bits per heavy atom. The Balaban J connectivity index is 1.88. The number of hydrogen-bond donors (Lipinski definition) is 1. The van der Waals surface area contributed by atoms with Gasteiger partial charge in [-0.1, -0.05) is 0 Å². The van der Waals surface area contributed by atoms with E-state index in [1.165, 1.54) is 18.5 Å². The molecule has 0 bridgehead atoms. The highest BCUT2D eigenvalue weighted by molar-refractivity contribution is 5.37. The molecule has 3 heteroatoms. The van der Waals surface area contributed by atoms with Crippen LogP contribution in [0.2, 0.25) is 0 Å². The average molecular weight is 179 g/mol. The van der Waals surface area contributed by atoms with E-state index < -0.39 is 0 Å². The highest BCUT2D eigenvalue weighted by Gasteiger charge is 2.21. The Labute approximate surface area is 77.1 Å². The molecular weight excluding hydrogens is 166 g/mol. The van der Waals surface area contributed by atoms with E-state index in [1.54, 1.807) is 0 Å². The fraction of sp³-hybridized carbons (Fsp3) is 0.500. The van der Waals surface area contributed by atoms with E-state index in [-0.39, 0.29) is 0 Å². The van der Waals surface area contributed by atoms with Gasteiger partial charge in [0, 0.05) is 5.69 Å². The van der Waals surface area contributed by atoms with Gasteiger partial charge in [0.15, 0.2) is 0 Å². The van der Waals surface area contributed by atoms with Crippen molar-refractivity contribution in [3.63, 3.8) is 0 Å². The van der Waals surface area contributed by atoms with Crippen molar-refractivity contribution in [1.29, 1.82) is 0 Å². The summed E-state index contributed by atoms with van der Waals surface area (Å²) in [7, 11) is 0. The van der Waals surface area contributed by atoms with Crippen LogP contribution >= 0.6 is 0 Å². The van der Waals surface area contributed by atoms with Crippen molar-refractivity contribution in [2.45, 2.75) is 25.9 Å². The molecule has 1 fully saturated rings. The van der Waals surface area contributed by atoms with Crippen LogP contribution in [0.5, 0.6) is 0 Å². The second-order valence-electron chi connectivity index (χ2n) is 3.56. The molecule has 13 heavy (non-hydrogen) atoms. The first-order chi connectivity index (χ1) is 6.38. The lowest BCUT2D eigenvalue weighted by molar-refractivity contribution is -0.129. The first-order valence-corrected chi connectivity index (χ1v) is 4.60. The molecule has 0 amide bonds. The maximum absolute atomic E-state index is 9.94. The molecule has 0 radical (unpaired) electrons. The zero-order chi connectivity index (χ0) is 9.10. The van der Waals surface area contributed by atoms with E-state index >= 15 is 0 Å². The first-order valence-electron chi connectivity index (χ1n) is 4.60. The topological polar surface area (TPSA) is 42.1 Å². The van der Waals surface area contributed by atoms with Crippen molar-refractivity contribution in [3.05, 3.63) is 23.5 Å². The van der Waals surface area contributed by atoms with Gasteiger partial charge in [0.05, 0.1) is 5.69 Å². The molecule has 1 N–H and O–H groups in total. The number of carbonyl (C=O) groups excluding carboxylic acids is 1. The number of rotatable bonds is 5. The third-order valence-corrected chi connectivity index (χ3v) is 2.32. The fourth-order valence-electron chi connectivity index (χ4n) is 1.45. The Kier molecular flexibility index (Phi) is 2.34. The summed E-state index contributed by atoms with van der Waals surface area (Å²) in [6.45, 7) is 0.829. The van der Waals surface area contributed by atoms with Gasteiger partial charge in [0.2, 0.25) is 0 Å². The third-order valence-electron chi connectivity index (χ3n) is 2.32. The van der Waals surface area contributed by atoms with Crippen LogP contribution in [0.15, 0.2) is 12.1 Å². The molecule has 70 valence electrons. The van der Waals surface area contributed by atoms with Gasteiger partial charge < -0.3 is 9.72 Å². The summed E-state index contributed by atoms with van der Waals surface area (Å²) >= 11 is 0. The van der Waals surface area contributed by atoms with Crippen molar-refractivity contribution >= 4 is 6.47 Å². The number of nitrogens with one attached hydrogen (secondary N) is 1. The van der Waals surface area contributed by atoms with Gasteiger partial charge in [-0.2, -0.15) is 0 Å². The monoisotopic (exact) mass is 179 g/mol. The maximum atomic E-state index is 9.94. The Morgan fingerprint density at radius 2 is 2.23 bits per heavy atom. The summed E-state index contributed by atoms with van der Waals surface area (Å²) in [6, 6.07) is 4.04. The first kappa shape index (κ1) is 8.35. The Morgan fingerprint density at radius 1 is 1.46 bits per heavy atom. The molecule has 1 aliphatic carbocycles. The van der Waals surface area contributed by atoms with Gasteiger partial charge in [0.25, 0.3) is 6.47 Å². The molecule has 0 spiro atoms. The zero-order valence-corrected chi connectivity index (χ0v) is 7.45. The molecule has 0 saturated heterocycles. The van der Waals surface area contributed by atoms with Crippen molar-refractivity contribution in [2.24, 2.45) is 5.92 Å². The predicted molar refractivity (Wildman–Crippen MR) is 48.1 cm³/mol. The molecule has 3 nitrogen and oxygen atoms in total. The summed E-state index contributed by atoms with van der Waals surface area (Å²) < 4.78 is 4.64. The standard InChI is InChI=1S/C10H13NO2/c12-7-13-6-10-4-3-9(11-10)5-8-1-2-8/h3-4,7-8,11H,1-2,5-6H2. The SMILES string of the molecule is O=COCc1ccc(CC2CC2)[nH]1. The van der Waals surface area contributed by atoms with Crippen molar-refractivity contribution in [3.8, 4) is 0 Å². The molecule has 1 heterocycles. The molecule has 0 aliphatic heterocycles. The highest BCUT2D eigenvalue weighted by Crippen LogP contribution is 2.32. The molecular formula is C10H13NO2. The van der Waals surface area contributed by atoms with Crippen molar-refractivity contribution in [2.75, 3.05) is 0 Å². The van der Waals surface area contributed by atoms with Gasteiger partial charge in [-0.15, -0.1) is 0 Å². The van der Waals surface area contributed by atoms with E-state index in [0.29, 0.717) is 13.1 Å². The van der Waals surface area contributed by atoms with E-state index in [4.69, 9.17) is 0 Å². The van der Waals surface area contributed by atoms with Gasteiger partial charge in [-0.25, -0.2) is 0 Å². The van der Waals surface area contributed by atoms with Crippen LogP contribution in [0.1, 0.15) is 24.2 Å². The average Bonchev–Trinajstić information content (AvgIpc) is 2.81. The van der Waals surface area contributed by atoms with Crippen molar-refractivity contribution < 1.29 is 9.53 Å². The van der Waals surface area contributed by atoms with Crippen LogP contribution in [0, 0.1) is 5.92 Å². The Bertz CT molecular complexity index is 289. The Hall–Kier alpha value is -1.25. The summed E-state index contributed by atoms with van der Waals surface area (Å²) in [5.74, 6) is 0.887. The lowest BCUT2D eigenvalue weighted by Gasteiger charge is -1.95. The quantitative estimate of drug-likeness (QED) is 0.698. The molecule has 0 aromatic carbocycles. The summed E-state index contributed by atoms with van der Waals surface area (Å²) in [4.78, 5) is 13.2. The number of aromatic nitrogens is 1. The van der Waals surface area contributed by atoms with Crippen LogP contribution in [0.3, 0.4) is 0 Å². The van der Waals surface area contributed by atoms with Gasteiger partial charge in [-0.3, -0.25) is 4.79 Å². The minimum Gasteiger partial charge on any atom is -0.461 e. The smallest absolute Gasteiger partial charge is 0.293 e. The van der Waals surface area contributed by atoms with E-state index in [2.05, 4.69) is 15.8 Å². The summed E-state index contributed by atoms with van der Waals surface area (Å²) in [6.07, 6.45) is 3.86. The molecule has 0 atom stereocenters. The van der Waals surface area contributed by atoms with Crippen LogP contribution in [0.25, 0.3) is 0 Å². The lowest BCUT2D eigenvalue weighted by Crippen LogP contribution is -1.92. The second kappa shape index (κ2) is 3.64. The number of carbonyl (C=O) groups is 1. The van der Waals surface area contributed by atoms with Crippen molar-refractivity contribution in [1.82, 2.24) is 4.98 Å². The molecule has 0 unspecified atom stereocenters. The second-order valence-corrected chi connectivity index (χ2v) is 3.56. The van der Waals surface area contributed by atoms with Gasteiger partial charge >= 0.3 is 0 Å². The fourth-order valence-corrected chi connectivity index (χ4v) is 1.45. The molecule has 1 aliphatic rings. The summed E-state index contributed by atoms with van der Waals surface area (Å²) in [5, 5.41) is 0. The number of hydrogen-bond acceptors (Lipinski definition) is 2. The highest BCUT2D eigenvalue weighted by atomic mass is 16.5. The predicted octanol–water partition coefficient (Wildman–Crippen LogP) is 1.64. The lowest BCUT2D eigenvalue weighted by atomic mass is 10.2. The number of ether oxygens (including phenoxy) is 1. The zero-order valence-electron chi connectivity index (χ0n) is 7.45. The normalized spacial score (nSPS) is 15.7. The van der Waals surface area contributed by atoms with Gasteiger partial charge in [-0.05, 0) is 37.3 Å². The van der Waals surface area contributed by atoms with E-state index in [0.717, 1.165) is 18.0 Å². The molecule has 2 rings (SSSR count). The van der Waals surface area contributed by atoms with Crippen LogP contribution in [0.4, 0.5) is 0 Å². The van der Waals surface area contributed by atoms with Crippen LogP contribution in [-0.4, -0.2) is 11.5 Å². The third kappa shape index (κ3) is 2.34. The van der Waals surface area contributed by atoms with Gasteiger partial charge in [0.1, 0.15) is 6.61 Å². The molecule has 1 aromatic heterocycles.